The predicted molar refractivity (Wildman–Crippen MR) is 152 cm³/mol. The predicted octanol–water partition coefficient (Wildman–Crippen LogP) is 6.47. The Balaban J connectivity index is 1.27. The largest absolute Gasteiger partial charge is 0.377 e. The summed E-state index contributed by atoms with van der Waals surface area (Å²) in [6.07, 6.45) is 2.41. The number of aromatic amines is 1. The van der Waals surface area contributed by atoms with E-state index in [1.807, 2.05) is 36.4 Å². The van der Waals surface area contributed by atoms with Gasteiger partial charge < -0.3 is 20.7 Å². The van der Waals surface area contributed by atoms with Crippen molar-refractivity contribution in [1.82, 2.24) is 15.3 Å². The first kappa shape index (κ1) is 26.2. The second-order valence-corrected chi connectivity index (χ2v) is 10.8. The Labute approximate surface area is 233 Å². The molecule has 1 fully saturated rings. The topological polar surface area (TPSA) is 126 Å². The van der Waals surface area contributed by atoms with Crippen LogP contribution in [-0.2, 0) is 6.54 Å². The molecule has 1 heterocycles. The van der Waals surface area contributed by atoms with Gasteiger partial charge in [0.1, 0.15) is 6.23 Å². The average Bonchev–Trinajstić information content (AvgIpc) is 3.57. The molecular weight excluding hydrogens is 568 g/mol. The number of benzene rings is 3. The van der Waals surface area contributed by atoms with Crippen LogP contribution < -0.4 is 16.0 Å². The van der Waals surface area contributed by atoms with Gasteiger partial charge in [0.2, 0.25) is 5.95 Å². The molecule has 3 aromatic carbocycles. The average molecular weight is 594 g/mol. The van der Waals surface area contributed by atoms with E-state index in [1.165, 1.54) is 0 Å². The molecule has 0 aliphatic heterocycles. The van der Waals surface area contributed by atoms with Crippen LogP contribution in [0, 0.1) is 16.7 Å². The fraction of sp³-hybridized carbons (Fsp3) is 0.250. The number of nitrogens with one attached hydrogen (secondary N) is 4. The highest BCUT2D eigenvalue weighted by molar-refractivity contribution is 9.10. The number of halogens is 2. The highest BCUT2D eigenvalue weighted by atomic mass is 79.9. The standard InChI is InChI=1S/C28H26BrClN6O2/c29-19-5-7-20(8-6-19)33-25(37)18-4-10-22-24(14-18)36-27(34-22)35-23-13-17(3-9-21(23)30)15-32-26(38)28(16-31)11-1-2-12-28/h3-10,13-14,26,32,38H,1-2,11-12,15H2,(H,33,37)(H2,34,35,36). The molecule has 1 atom stereocenters. The van der Waals surface area contributed by atoms with Gasteiger partial charge in [-0.05, 0) is 73.0 Å². The summed E-state index contributed by atoms with van der Waals surface area (Å²) in [5.41, 5.74) is 3.41. The lowest BCUT2D eigenvalue weighted by molar-refractivity contribution is 0.0360. The molecule has 1 unspecified atom stereocenters. The van der Waals surface area contributed by atoms with Crippen LogP contribution in [-0.4, -0.2) is 27.2 Å². The Kier molecular flexibility index (Phi) is 7.68. The molecule has 1 aliphatic carbocycles. The number of carbonyl (C=O) groups excluding carboxylic acids is 1. The number of amides is 1. The number of carbonyl (C=O) groups is 1. The van der Waals surface area contributed by atoms with Crippen molar-refractivity contribution in [3.8, 4) is 6.07 Å². The SMILES string of the molecule is N#CC1(C(O)NCc2ccc(Cl)c(Nc3nc4ccc(C(=O)Nc5ccc(Br)cc5)cc4[nH]3)c2)CCCC1. The van der Waals surface area contributed by atoms with Crippen molar-refractivity contribution in [2.75, 3.05) is 10.6 Å². The van der Waals surface area contributed by atoms with E-state index in [9.17, 15) is 15.2 Å². The zero-order valence-corrected chi connectivity index (χ0v) is 22.7. The molecular formula is C28H26BrClN6O2. The highest BCUT2D eigenvalue weighted by Gasteiger charge is 2.40. The number of H-pyrrole nitrogens is 1. The Morgan fingerprint density at radius 3 is 2.66 bits per heavy atom. The molecule has 38 heavy (non-hydrogen) atoms. The van der Waals surface area contributed by atoms with Gasteiger partial charge in [-0.25, -0.2) is 4.98 Å². The maximum Gasteiger partial charge on any atom is 0.255 e. The zero-order chi connectivity index (χ0) is 26.7. The van der Waals surface area contributed by atoms with Gasteiger partial charge in [-0.2, -0.15) is 5.26 Å². The Morgan fingerprint density at radius 1 is 1.16 bits per heavy atom. The van der Waals surface area contributed by atoms with Crippen LogP contribution in [0.3, 0.4) is 0 Å². The third kappa shape index (κ3) is 5.69. The van der Waals surface area contributed by atoms with Crippen LogP contribution in [0.2, 0.25) is 5.02 Å². The van der Waals surface area contributed by atoms with E-state index in [0.717, 1.165) is 22.9 Å². The van der Waals surface area contributed by atoms with Gasteiger partial charge in [0.15, 0.2) is 0 Å². The number of aliphatic hydroxyl groups excluding tert-OH is 1. The smallest absolute Gasteiger partial charge is 0.255 e. The fourth-order valence-electron chi connectivity index (χ4n) is 4.71. The summed E-state index contributed by atoms with van der Waals surface area (Å²) in [6, 6.07) is 20.5. The molecule has 0 radical (unpaired) electrons. The van der Waals surface area contributed by atoms with Crippen molar-refractivity contribution >= 4 is 61.8 Å². The van der Waals surface area contributed by atoms with Gasteiger partial charge in [-0.1, -0.05) is 46.4 Å². The number of hydrogen-bond donors (Lipinski definition) is 5. The summed E-state index contributed by atoms with van der Waals surface area (Å²) in [5.74, 6) is 0.256. The Bertz CT molecular complexity index is 1510. The molecule has 5 N–H and O–H groups in total. The van der Waals surface area contributed by atoms with Gasteiger partial charge in [0.25, 0.3) is 5.91 Å². The minimum Gasteiger partial charge on any atom is -0.377 e. The minimum absolute atomic E-state index is 0.223. The molecule has 1 saturated carbocycles. The van der Waals surface area contributed by atoms with Crippen molar-refractivity contribution in [1.29, 1.82) is 5.26 Å². The maximum atomic E-state index is 12.7. The van der Waals surface area contributed by atoms with E-state index >= 15 is 0 Å². The van der Waals surface area contributed by atoms with E-state index in [-0.39, 0.29) is 5.91 Å². The summed E-state index contributed by atoms with van der Waals surface area (Å²) in [4.78, 5) is 20.5. The van der Waals surface area contributed by atoms with Crippen LogP contribution >= 0.6 is 27.5 Å². The van der Waals surface area contributed by atoms with Gasteiger partial charge in [-0.3, -0.25) is 10.1 Å². The summed E-state index contributed by atoms with van der Waals surface area (Å²) in [7, 11) is 0. The highest BCUT2D eigenvalue weighted by Crippen LogP contribution is 2.39. The molecule has 194 valence electrons. The number of nitrogens with zero attached hydrogens (tertiary/aromatic N) is 2. The molecule has 1 aliphatic rings. The van der Waals surface area contributed by atoms with Gasteiger partial charge in [0, 0.05) is 22.3 Å². The van der Waals surface area contributed by atoms with E-state index in [1.54, 1.807) is 24.3 Å². The van der Waals surface area contributed by atoms with Crippen molar-refractivity contribution in [2.24, 2.45) is 5.41 Å². The summed E-state index contributed by atoms with van der Waals surface area (Å²) >= 11 is 9.82. The molecule has 0 spiro atoms. The van der Waals surface area contributed by atoms with E-state index < -0.39 is 11.6 Å². The monoisotopic (exact) mass is 592 g/mol. The Morgan fingerprint density at radius 2 is 1.92 bits per heavy atom. The van der Waals surface area contributed by atoms with Crippen molar-refractivity contribution in [2.45, 2.75) is 38.5 Å². The quantitative estimate of drug-likeness (QED) is 0.149. The molecule has 0 bridgehead atoms. The van der Waals surface area contributed by atoms with Crippen LogP contribution in [0.1, 0.15) is 41.6 Å². The number of fused-ring (bicyclic) bond motifs is 1. The summed E-state index contributed by atoms with van der Waals surface area (Å²) < 4.78 is 0.936. The maximum absolute atomic E-state index is 12.7. The van der Waals surface area contributed by atoms with Gasteiger partial charge in [-0.15, -0.1) is 0 Å². The first-order valence-corrected chi connectivity index (χ1v) is 13.5. The third-order valence-corrected chi connectivity index (χ3v) is 7.73. The number of imidazole rings is 1. The van der Waals surface area contributed by atoms with E-state index in [2.05, 4.69) is 47.9 Å². The fourth-order valence-corrected chi connectivity index (χ4v) is 5.14. The lowest BCUT2D eigenvalue weighted by atomic mass is 9.86. The molecule has 4 aromatic rings. The van der Waals surface area contributed by atoms with E-state index in [4.69, 9.17) is 11.6 Å². The lowest BCUT2D eigenvalue weighted by Gasteiger charge is -2.27. The van der Waals surface area contributed by atoms with Crippen molar-refractivity contribution in [3.05, 3.63) is 81.3 Å². The second kappa shape index (κ2) is 11.1. The van der Waals surface area contributed by atoms with Crippen LogP contribution in [0.15, 0.2) is 65.1 Å². The first-order chi connectivity index (χ1) is 18.3. The van der Waals surface area contributed by atoms with E-state index in [0.29, 0.717) is 58.3 Å². The summed E-state index contributed by atoms with van der Waals surface area (Å²) in [5, 5.41) is 29.9. The number of anilines is 3. The normalized spacial score (nSPS) is 15.2. The first-order valence-electron chi connectivity index (χ1n) is 12.3. The second-order valence-electron chi connectivity index (χ2n) is 9.48. The number of hydrogen-bond acceptors (Lipinski definition) is 6. The zero-order valence-electron chi connectivity index (χ0n) is 20.4. The third-order valence-electron chi connectivity index (χ3n) is 6.87. The van der Waals surface area contributed by atoms with Crippen LogP contribution in [0.25, 0.3) is 11.0 Å². The number of rotatable bonds is 8. The Hall–Kier alpha value is -3.42. The van der Waals surface area contributed by atoms with Crippen molar-refractivity contribution < 1.29 is 9.90 Å². The molecule has 8 nitrogen and oxygen atoms in total. The summed E-state index contributed by atoms with van der Waals surface area (Å²) in [6.45, 7) is 0.382. The van der Waals surface area contributed by atoms with Crippen LogP contribution in [0.4, 0.5) is 17.3 Å². The molecule has 0 saturated heterocycles. The number of aliphatic hydroxyl groups is 1. The lowest BCUT2D eigenvalue weighted by Crippen LogP contribution is -2.42. The van der Waals surface area contributed by atoms with Gasteiger partial charge >= 0.3 is 0 Å². The van der Waals surface area contributed by atoms with Gasteiger partial charge in [0.05, 0.1) is 33.2 Å². The molecule has 5 rings (SSSR count). The molecule has 1 amide bonds. The van der Waals surface area contributed by atoms with Crippen molar-refractivity contribution in [3.63, 3.8) is 0 Å². The number of aromatic nitrogens is 2. The number of nitriles is 1. The molecule has 10 heteroatoms. The molecule has 1 aromatic heterocycles. The van der Waals surface area contributed by atoms with Crippen LogP contribution in [0.5, 0.6) is 0 Å². The minimum atomic E-state index is -0.896.